The molecule has 0 aliphatic rings. The minimum Gasteiger partial charge on any atom is -0.423 e. The first kappa shape index (κ1) is 14.7. The zero-order chi connectivity index (χ0) is 14.7. The maximum absolute atomic E-state index is 14.0. The molecule has 0 saturated carbocycles. The van der Waals surface area contributed by atoms with E-state index in [4.69, 9.17) is 10.0 Å². The van der Waals surface area contributed by atoms with Gasteiger partial charge in [-0.3, -0.25) is 0 Å². The maximum Gasteiger partial charge on any atom is 0.491 e. The van der Waals surface area contributed by atoms with E-state index in [0.29, 0.717) is 11.1 Å². The highest BCUT2D eigenvalue weighted by Crippen LogP contribution is 2.24. The Morgan fingerprint density at radius 2 is 1.75 bits per heavy atom. The van der Waals surface area contributed by atoms with Crippen molar-refractivity contribution in [3.8, 4) is 11.1 Å². The van der Waals surface area contributed by atoms with Gasteiger partial charge in [-0.25, -0.2) is 8.78 Å². The summed E-state index contributed by atoms with van der Waals surface area (Å²) in [6, 6.07) is 8.70. The molecule has 2 aromatic carbocycles. The van der Waals surface area contributed by atoms with E-state index in [1.165, 1.54) is 18.2 Å². The molecule has 0 amide bonds. The Morgan fingerprint density at radius 1 is 1.00 bits per heavy atom. The third kappa shape index (κ3) is 3.06. The molecule has 2 nitrogen and oxygen atoms in total. The fraction of sp³-hybridized carbons (Fsp3) is 0.200. The Hall–Kier alpha value is -1.72. The number of benzene rings is 2. The van der Waals surface area contributed by atoms with Crippen LogP contribution in [-0.2, 0) is 6.42 Å². The van der Waals surface area contributed by atoms with Crippen LogP contribution in [0.5, 0.6) is 0 Å². The lowest BCUT2D eigenvalue weighted by Gasteiger charge is -2.08. The summed E-state index contributed by atoms with van der Waals surface area (Å²) in [6.45, 7) is 2.01. The van der Waals surface area contributed by atoms with Gasteiger partial charge in [-0.2, -0.15) is 0 Å². The van der Waals surface area contributed by atoms with Crippen LogP contribution in [0.4, 0.5) is 8.78 Å². The SMILES string of the molecule is CCCc1ccc(-c2ccc(B(O)O)c(F)c2)c(F)c1. The Bertz CT molecular complexity index is 615. The number of rotatable bonds is 4. The zero-order valence-electron chi connectivity index (χ0n) is 11.1. The molecule has 0 aliphatic heterocycles. The average Bonchev–Trinajstić information content (AvgIpc) is 2.38. The van der Waals surface area contributed by atoms with Crippen LogP contribution >= 0.6 is 0 Å². The van der Waals surface area contributed by atoms with E-state index in [0.717, 1.165) is 24.5 Å². The van der Waals surface area contributed by atoms with Gasteiger partial charge in [0.2, 0.25) is 0 Å². The lowest BCUT2D eigenvalue weighted by Crippen LogP contribution is -2.32. The lowest BCUT2D eigenvalue weighted by molar-refractivity contribution is 0.423. The topological polar surface area (TPSA) is 40.5 Å². The van der Waals surface area contributed by atoms with Crippen molar-refractivity contribution in [1.29, 1.82) is 0 Å². The summed E-state index contributed by atoms with van der Waals surface area (Å²) in [5.74, 6) is -1.18. The first-order chi connectivity index (χ1) is 9.52. The van der Waals surface area contributed by atoms with E-state index in [2.05, 4.69) is 0 Å². The summed E-state index contributed by atoms with van der Waals surface area (Å²) < 4.78 is 27.7. The molecule has 0 aliphatic carbocycles. The summed E-state index contributed by atoms with van der Waals surface area (Å²) in [5, 5.41) is 17.9. The third-order valence-corrected chi connectivity index (χ3v) is 3.16. The summed E-state index contributed by atoms with van der Waals surface area (Å²) in [5.41, 5.74) is 1.34. The second kappa shape index (κ2) is 6.16. The zero-order valence-corrected chi connectivity index (χ0v) is 11.1. The number of aryl methyl sites for hydroxylation is 1. The summed E-state index contributed by atoms with van der Waals surface area (Å²) in [4.78, 5) is 0. The maximum atomic E-state index is 14.0. The van der Waals surface area contributed by atoms with Crippen molar-refractivity contribution in [3.63, 3.8) is 0 Å². The molecule has 0 saturated heterocycles. The molecule has 0 radical (unpaired) electrons. The molecular weight excluding hydrogens is 261 g/mol. The Balaban J connectivity index is 2.39. The van der Waals surface area contributed by atoms with Gasteiger partial charge in [0.05, 0.1) is 0 Å². The van der Waals surface area contributed by atoms with Crippen LogP contribution in [0.1, 0.15) is 18.9 Å². The molecule has 20 heavy (non-hydrogen) atoms. The van der Waals surface area contributed by atoms with E-state index in [1.54, 1.807) is 6.07 Å². The highest BCUT2D eigenvalue weighted by molar-refractivity contribution is 6.58. The van der Waals surface area contributed by atoms with Gasteiger partial charge in [0.25, 0.3) is 0 Å². The van der Waals surface area contributed by atoms with Crippen LogP contribution in [0, 0.1) is 11.6 Å². The van der Waals surface area contributed by atoms with Crippen LogP contribution in [0.2, 0.25) is 0 Å². The molecule has 2 rings (SSSR count). The van der Waals surface area contributed by atoms with Crippen LogP contribution in [-0.4, -0.2) is 17.2 Å². The van der Waals surface area contributed by atoms with Crippen molar-refractivity contribution in [2.24, 2.45) is 0 Å². The van der Waals surface area contributed by atoms with Gasteiger partial charge < -0.3 is 10.0 Å². The first-order valence-corrected chi connectivity index (χ1v) is 6.47. The fourth-order valence-electron chi connectivity index (χ4n) is 2.14. The first-order valence-electron chi connectivity index (χ1n) is 6.47. The third-order valence-electron chi connectivity index (χ3n) is 3.16. The van der Waals surface area contributed by atoms with Crippen molar-refractivity contribution < 1.29 is 18.8 Å². The molecule has 0 bridgehead atoms. The molecule has 104 valence electrons. The second-order valence-corrected chi connectivity index (χ2v) is 4.67. The fourth-order valence-corrected chi connectivity index (χ4v) is 2.14. The number of halogens is 2. The van der Waals surface area contributed by atoms with E-state index >= 15 is 0 Å². The van der Waals surface area contributed by atoms with Gasteiger partial charge in [-0.15, -0.1) is 0 Å². The van der Waals surface area contributed by atoms with E-state index < -0.39 is 18.8 Å². The molecule has 0 fully saturated rings. The smallest absolute Gasteiger partial charge is 0.423 e. The van der Waals surface area contributed by atoms with Crippen molar-refractivity contribution in [1.82, 2.24) is 0 Å². The molecule has 0 aromatic heterocycles. The van der Waals surface area contributed by atoms with Crippen molar-refractivity contribution in [3.05, 3.63) is 53.6 Å². The molecule has 2 aromatic rings. The Morgan fingerprint density at radius 3 is 2.30 bits per heavy atom. The molecular formula is C15H15BF2O2. The molecule has 5 heteroatoms. The minimum atomic E-state index is -1.87. The van der Waals surface area contributed by atoms with Gasteiger partial charge in [0.1, 0.15) is 11.6 Å². The molecule has 0 atom stereocenters. The van der Waals surface area contributed by atoms with Gasteiger partial charge in [-0.1, -0.05) is 37.6 Å². The number of hydrogen-bond donors (Lipinski definition) is 2. The summed E-state index contributed by atoms with van der Waals surface area (Å²) in [6.07, 6.45) is 1.72. The van der Waals surface area contributed by atoms with Gasteiger partial charge in [0.15, 0.2) is 0 Å². The van der Waals surface area contributed by atoms with E-state index in [9.17, 15) is 8.78 Å². The lowest BCUT2D eigenvalue weighted by atomic mass is 9.79. The van der Waals surface area contributed by atoms with Crippen molar-refractivity contribution >= 4 is 12.6 Å². The van der Waals surface area contributed by atoms with Crippen LogP contribution < -0.4 is 5.46 Å². The van der Waals surface area contributed by atoms with Crippen LogP contribution in [0.25, 0.3) is 11.1 Å². The quantitative estimate of drug-likeness (QED) is 0.841. The largest absolute Gasteiger partial charge is 0.491 e. The van der Waals surface area contributed by atoms with Crippen LogP contribution in [0.3, 0.4) is 0 Å². The second-order valence-electron chi connectivity index (χ2n) is 4.67. The van der Waals surface area contributed by atoms with Crippen molar-refractivity contribution in [2.75, 3.05) is 0 Å². The van der Waals surface area contributed by atoms with Gasteiger partial charge in [-0.05, 0) is 29.7 Å². The molecule has 0 heterocycles. The monoisotopic (exact) mass is 276 g/mol. The van der Waals surface area contributed by atoms with E-state index in [1.807, 2.05) is 13.0 Å². The summed E-state index contributed by atoms with van der Waals surface area (Å²) in [7, 11) is -1.87. The summed E-state index contributed by atoms with van der Waals surface area (Å²) >= 11 is 0. The predicted octanol–water partition coefficient (Wildman–Crippen LogP) is 2.26. The number of hydrogen-bond acceptors (Lipinski definition) is 2. The molecule has 0 unspecified atom stereocenters. The Kier molecular flexibility index (Phi) is 4.52. The normalized spacial score (nSPS) is 10.7. The minimum absolute atomic E-state index is 0.225. The molecule has 2 N–H and O–H groups in total. The van der Waals surface area contributed by atoms with Gasteiger partial charge >= 0.3 is 7.12 Å². The van der Waals surface area contributed by atoms with E-state index in [-0.39, 0.29) is 5.46 Å². The van der Waals surface area contributed by atoms with Gasteiger partial charge in [0, 0.05) is 11.0 Å². The standard InChI is InChI=1S/C15H15BF2O2/c1-2-3-10-4-6-12(14(17)8-10)11-5-7-13(16(19)20)15(18)9-11/h4-9,19-20H,2-3H2,1H3. The Labute approximate surface area is 116 Å². The van der Waals surface area contributed by atoms with Crippen molar-refractivity contribution in [2.45, 2.75) is 19.8 Å². The van der Waals surface area contributed by atoms with Crippen LogP contribution in [0.15, 0.2) is 36.4 Å². The molecule has 0 spiro atoms. The highest BCUT2D eigenvalue weighted by atomic mass is 19.1. The predicted molar refractivity (Wildman–Crippen MR) is 75.6 cm³/mol. The highest BCUT2D eigenvalue weighted by Gasteiger charge is 2.17. The average molecular weight is 276 g/mol.